The molecule has 0 heterocycles. The second kappa shape index (κ2) is 6.46. The zero-order valence-corrected chi connectivity index (χ0v) is 9.19. The lowest BCUT2D eigenvalue weighted by Gasteiger charge is -2.06. The molecule has 4 nitrogen and oxygen atoms in total. The highest BCUT2D eigenvalue weighted by atomic mass is 16.5. The molecule has 0 atom stereocenters. The number of benzene rings is 1. The summed E-state index contributed by atoms with van der Waals surface area (Å²) in [4.78, 5) is 11.1. The van der Waals surface area contributed by atoms with Gasteiger partial charge >= 0.3 is 5.97 Å². The van der Waals surface area contributed by atoms with Crippen molar-refractivity contribution < 1.29 is 9.53 Å². The predicted octanol–water partition coefficient (Wildman–Crippen LogP) is 1.73. The van der Waals surface area contributed by atoms with Crippen LogP contribution in [-0.2, 0) is 16.0 Å². The number of nitriles is 1. The minimum absolute atomic E-state index is 0.158. The van der Waals surface area contributed by atoms with Crippen molar-refractivity contribution in [2.75, 3.05) is 18.5 Å². The third-order valence-corrected chi connectivity index (χ3v) is 1.98. The number of nitrogens with one attached hydrogen (secondary N) is 1. The number of esters is 1. The fourth-order valence-electron chi connectivity index (χ4n) is 1.22. The van der Waals surface area contributed by atoms with Crippen molar-refractivity contribution in [2.24, 2.45) is 0 Å². The van der Waals surface area contributed by atoms with Gasteiger partial charge in [0.25, 0.3) is 0 Å². The number of nitrogens with zero attached hydrogens (tertiary/aromatic N) is 1. The standard InChI is InChI=1S/C12H14N2O2/c1-2-16-12(15)9-14-11-5-3-10(4-6-11)7-8-13/h3-6,14H,2,7,9H2,1H3. The summed E-state index contributed by atoms with van der Waals surface area (Å²) in [5, 5.41) is 11.4. The molecule has 0 aliphatic rings. The number of hydrogen-bond acceptors (Lipinski definition) is 4. The quantitative estimate of drug-likeness (QED) is 0.764. The molecule has 0 aromatic heterocycles. The Morgan fingerprint density at radius 2 is 2.12 bits per heavy atom. The van der Waals surface area contributed by atoms with E-state index in [4.69, 9.17) is 10.00 Å². The third kappa shape index (κ3) is 4.01. The molecule has 0 bridgehead atoms. The Kier molecular flexibility index (Phi) is 4.87. The molecule has 84 valence electrons. The van der Waals surface area contributed by atoms with Crippen molar-refractivity contribution >= 4 is 11.7 Å². The van der Waals surface area contributed by atoms with Gasteiger partial charge in [0, 0.05) is 5.69 Å². The van der Waals surface area contributed by atoms with Gasteiger partial charge in [0.2, 0.25) is 0 Å². The van der Waals surface area contributed by atoms with E-state index in [0.717, 1.165) is 11.3 Å². The van der Waals surface area contributed by atoms with Crippen LogP contribution in [0, 0.1) is 11.3 Å². The lowest BCUT2D eigenvalue weighted by Crippen LogP contribution is -2.16. The summed E-state index contributed by atoms with van der Waals surface area (Å²) in [7, 11) is 0. The average Bonchev–Trinajstić information content (AvgIpc) is 2.29. The fourth-order valence-corrected chi connectivity index (χ4v) is 1.22. The molecular weight excluding hydrogens is 204 g/mol. The van der Waals surface area contributed by atoms with E-state index in [1.54, 1.807) is 6.92 Å². The highest BCUT2D eigenvalue weighted by Crippen LogP contribution is 2.09. The fraction of sp³-hybridized carbons (Fsp3) is 0.333. The van der Waals surface area contributed by atoms with Gasteiger partial charge in [0.15, 0.2) is 0 Å². The first-order valence-electron chi connectivity index (χ1n) is 5.11. The average molecular weight is 218 g/mol. The van der Waals surface area contributed by atoms with Gasteiger partial charge < -0.3 is 10.1 Å². The maximum atomic E-state index is 11.1. The molecule has 1 aromatic carbocycles. The molecule has 1 aromatic rings. The Morgan fingerprint density at radius 1 is 1.44 bits per heavy atom. The highest BCUT2D eigenvalue weighted by Gasteiger charge is 2.00. The van der Waals surface area contributed by atoms with E-state index in [1.807, 2.05) is 24.3 Å². The van der Waals surface area contributed by atoms with Gasteiger partial charge in [-0.2, -0.15) is 5.26 Å². The van der Waals surface area contributed by atoms with E-state index in [0.29, 0.717) is 13.0 Å². The molecular formula is C12H14N2O2. The minimum Gasteiger partial charge on any atom is -0.465 e. The van der Waals surface area contributed by atoms with Gasteiger partial charge in [-0.25, -0.2) is 0 Å². The molecule has 0 aliphatic carbocycles. The van der Waals surface area contributed by atoms with E-state index in [2.05, 4.69) is 11.4 Å². The molecule has 0 aliphatic heterocycles. The van der Waals surface area contributed by atoms with Crippen molar-refractivity contribution in [1.29, 1.82) is 5.26 Å². The summed E-state index contributed by atoms with van der Waals surface area (Å²) in [5.74, 6) is -0.274. The molecule has 0 spiro atoms. The Hall–Kier alpha value is -2.02. The topological polar surface area (TPSA) is 62.1 Å². The second-order valence-electron chi connectivity index (χ2n) is 3.19. The van der Waals surface area contributed by atoms with E-state index < -0.39 is 0 Å². The van der Waals surface area contributed by atoms with Crippen LogP contribution < -0.4 is 5.32 Å². The van der Waals surface area contributed by atoms with E-state index in [1.165, 1.54) is 0 Å². The molecule has 0 amide bonds. The van der Waals surface area contributed by atoms with Gasteiger partial charge in [-0.15, -0.1) is 0 Å². The highest BCUT2D eigenvalue weighted by molar-refractivity contribution is 5.74. The summed E-state index contributed by atoms with van der Waals surface area (Å²) in [6.45, 7) is 2.32. The molecule has 1 rings (SSSR count). The Labute approximate surface area is 94.8 Å². The summed E-state index contributed by atoms with van der Waals surface area (Å²) in [6.07, 6.45) is 0.401. The summed E-state index contributed by atoms with van der Waals surface area (Å²) in [5.41, 5.74) is 1.80. The van der Waals surface area contributed by atoms with Crippen LogP contribution in [0.1, 0.15) is 12.5 Å². The van der Waals surface area contributed by atoms with Crippen LogP contribution in [0.4, 0.5) is 5.69 Å². The molecule has 0 fully saturated rings. The number of carbonyl (C=O) groups is 1. The van der Waals surface area contributed by atoms with Crippen LogP contribution in [-0.4, -0.2) is 19.1 Å². The molecule has 0 saturated carbocycles. The van der Waals surface area contributed by atoms with Crippen LogP contribution in [0.3, 0.4) is 0 Å². The largest absolute Gasteiger partial charge is 0.465 e. The predicted molar refractivity (Wildman–Crippen MR) is 60.9 cm³/mol. The van der Waals surface area contributed by atoms with Crippen LogP contribution in [0.2, 0.25) is 0 Å². The zero-order chi connectivity index (χ0) is 11.8. The van der Waals surface area contributed by atoms with Crippen LogP contribution in [0.15, 0.2) is 24.3 Å². The first-order chi connectivity index (χ1) is 7.76. The monoisotopic (exact) mass is 218 g/mol. The number of ether oxygens (including phenoxy) is 1. The van der Waals surface area contributed by atoms with Gasteiger partial charge in [-0.05, 0) is 24.6 Å². The molecule has 0 unspecified atom stereocenters. The van der Waals surface area contributed by atoms with Crippen molar-refractivity contribution in [1.82, 2.24) is 0 Å². The summed E-state index contributed by atoms with van der Waals surface area (Å²) in [6, 6.07) is 9.47. The van der Waals surface area contributed by atoms with Crippen LogP contribution in [0.25, 0.3) is 0 Å². The molecule has 0 radical (unpaired) electrons. The van der Waals surface area contributed by atoms with Crippen molar-refractivity contribution in [3.63, 3.8) is 0 Å². The van der Waals surface area contributed by atoms with Crippen LogP contribution >= 0.6 is 0 Å². The van der Waals surface area contributed by atoms with Crippen molar-refractivity contribution in [2.45, 2.75) is 13.3 Å². The molecule has 16 heavy (non-hydrogen) atoms. The van der Waals surface area contributed by atoms with Gasteiger partial charge in [0.1, 0.15) is 6.54 Å². The first kappa shape index (κ1) is 12.1. The Morgan fingerprint density at radius 3 is 2.69 bits per heavy atom. The first-order valence-corrected chi connectivity index (χ1v) is 5.11. The maximum absolute atomic E-state index is 11.1. The van der Waals surface area contributed by atoms with Crippen molar-refractivity contribution in [3.05, 3.63) is 29.8 Å². The number of hydrogen-bond donors (Lipinski definition) is 1. The summed E-state index contributed by atoms with van der Waals surface area (Å²) >= 11 is 0. The minimum atomic E-state index is -0.274. The smallest absolute Gasteiger partial charge is 0.325 e. The Bertz CT molecular complexity index is 379. The zero-order valence-electron chi connectivity index (χ0n) is 9.19. The second-order valence-corrected chi connectivity index (χ2v) is 3.19. The number of anilines is 1. The number of carbonyl (C=O) groups excluding carboxylic acids is 1. The Balaban J connectivity index is 2.43. The van der Waals surface area contributed by atoms with Crippen molar-refractivity contribution in [3.8, 4) is 6.07 Å². The number of rotatable bonds is 5. The molecule has 1 N–H and O–H groups in total. The lowest BCUT2D eigenvalue weighted by molar-refractivity contribution is -0.140. The van der Waals surface area contributed by atoms with Gasteiger partial charge in [-0.3, -0.25) is 4.79 Å². The summed E-state index contributed by atoms with van der Waals surface area (Å²) < 4.78 is 4.78. The van der Waals surface area contributed by atoms with E-state index in [-0.39, 0.29) is 12.5 Å². The van der Waals surface area contributed by atoms with Crippen LogP contribution in [0.5, 0.6) is 0 Å². The molecule has 4 heteroatoms. The van der Waals surface area contributed by atoms with E-state index in [9.17, 15) is 4.79 Å². The van der Waals surface area contributed by atoms with Gasteiger partial charge in [-0.1, -0.05) is 12.1 Å². The molecule has 0 saturated heterocycles. The lowest BCUT2D eigenvalue weighted by atomic mass is 10.1. The third-order valence-electron chi connectivity index (χ3n) is 1.98. The van der Waals surface area contributed by atoms with E-state index >= 15 is 0 Å². The normalized spacial score (nSPS) is 9.25. The van der Waals surface area contributed by atoms with Gasteiger partial charge in [0.05, 0.1) is 19.1 Å². The maximum Gasteiger partial charge on any atom is 0.325 e. The SMILES string of the molecule is CCOC(=O)CNc1ccc(CC#N)cc1.